The van der Waals surface area contributed by atoms with Gasteiger partial charge in [0.15, 0.2) is 0 Å². The van der Waals surface area contributed by atoms with E-state index in [1.54, 1.807) is 6.92 Å². The molecule has 4 nitrogen and oxygen atoms in total. The average Bonchev–Trinajstić information content (AvgIpc) is 2.27. The zero-order chi connectivity index (χ0) is 12.9. The Kier molecular flexibility index (Phi) is 4.26. The second-order valence-electron chi connectivity index (χ2n) is 4.44. The highest BCUT2D eigenvalue weighted by molar-refractivity contribution is 5.77. The van der Waals surface area contributed by atoms with Gasteiger partial charge in [0.2, 0.25) is 5.91 Å². The van der Waals surface area contributed by atoms with E-state index >= 15 is 0 Å². The van der Waals surface area contributed by atoms with Gasteiger partial charge in [-0.15, -0.1) is 0 Å². The molecule has 1 amide bonds. The van der Waals surface area contributed by atoms with E-state index < -0.39 is 11.4 Å². The van der Waals surface area contributed by atoms with Crippen LogP contribution in [0.25, 0.3) is 0 Å². The molecule has 4 heteroatoms. The molecule has 0 saturated heterocycles. The predicted octanol–water partition coefficient (Wildman–Crippen LogP) is 1.46. The largest absolute Gasteiger partial charge is 0.481 e. The number of amides is 1. The fourth-order valence-electron chi connectivity index (χ4n) is 1.58. The lowest BCUT2D eigenvalue weighted by molar-refractivity contribution is -0.147. The van der Waals surface area contributed by atoms with Gasteiger partial charge in [-0.2, -0.15) is 0 Å². The van der Waals surface area contributed by atoms with Crippen molar-refractivity contribution >= 4 is 11.9 Å². The van der Waals surface area contributed by atoms with Gasteiger partial charge in [0.05, 0.1) is 5.41 Å². The molecule has 1 aromatic rings. The Morgan fingerprint density at radius 2 is 1.88 bits per heavy atom. The van der Waals surface area contributed by atoms with Crippen LogP contribution in [0, 0.1) is 5.41 Å². The zero-order valence-electron chi connectivity index (χ0n) is 10.1. The van der Waals surface area contributed by atoms with Crippen LogP contribution in [0.3, 0.4) is 0 Å². The lowest BCUT2D eigenvalue weighted by Crippen LogP contribution is -2.41. The Morgan fingerprint density at radius 3 is 2.35 bits per heavy atom. The van der Waals surface area contributed by atoms with Crippen molar-refractivity contribution in [3.63, 3.8) is 0 Å². The molecule has 0 bridgehead atoms. The molecule has 0 saturated carbocycles. The van der Waals surface area contributed by atoms with Crippen molar-refractivity contribution in [2.75, 3.05) is 6.54 Å². The zero-order valence-corrected chi connectivity index (χ0v) is 10.1. The molecule has 0 fully saturated rings. The van der Waals surface area contributed by atoms with Gasteiger partial charge in [0, 0.05) is 13.5 Å². The number of hydrogen-bond donors (Lipinski definition) is 2. The fraction of sp³-hybridized carbons (Fsp3) is 0.385. The first kappa shape index (κ1) is 13.2. The second kappa shape index (κ2) is 5.48. The SMILES string of the molecule is CC(=O)NCC(C)(Cc1ccccc1)C(=O)O. The molecule has 1 aromatic carbocycles. The maximum atomic E-state index is 11.3. The van der Waals surface area contributed by atoms with E-state index in [0.29, 0.717) is 6.42 Å². The number of carbonyl (C=O) groups is 2. The first-order chi connectivity index (χ1) is 7.94. The van der Waals surface area contributed by atoms with Crippen LogP contribution in [0.4, 0.5) is 0 Å². The average molecular weight is 235 g/mol. The van der Waals surface area contributed by atoms with Crippen LogP contribution in [0.15, 0.2) is 30.3 Å². The van der Waals surface area contributed by atoms with E-state index in [1.165, 1.54) is 6.92 Å². The fourth-order valence-corrected chi connectivity index (χ4v) is 1.58. The molecule has 0 aliphatic heterocycles. The minimum absolute atomic E-state index is 0.132. The minimum Gasteiger partial charge on any atom is -0.481 e. The van der Waals surface area contributed by atoms with Crippen molar-refractivity contribution in [3.05, 3.63) is 35.9 Å². The molecule has 1 rings (SSSR count). The van der Waals surface area contributed by atoms with Crippen LogP contribution in [0.5, 0.6) is 0 Å². The first-order valence-corrected chi connectivity index (χ1v) is 5.46. The Labute approximate surface area is 101 Å². The van der Waals surface area contributed by atoms with Crippen molar-refractivity contribution in [1.29, 1.82) is 0 Å². The third kappa shape index (κ3) is 3.90. The summed E-state index contributed by atoms with van der Waals surface area (Å²) in [7, 11) is 0. The van der Waals surface area contributed by atoms with Gasteiger partial charge in [-0.05, 0) is 18.9 Å². The lowest BCUT2D eigenvalue weighted by atomic mass is 9.83. The number of benzene rings is 1. The van der Waals surface area contributed by atoms with Crippen LogP contribution in [0.2, 0.25) is 0 Å². The number of nitrogens with one attached hydrogen (secondary N) is 1. The van der Waals surface area contributed by atoms with Crippen molar-refractivity contribution in [3.8, 4) is 0 Å². The summed E-state index contributed by atoms with van der Waals surface area (Å²) in [6.45, 7) is 3.15. The summed E-state index contributed by atoms with van der Waals surface area (Å²) < 4.78 is 0. The number of carboxylic acid groups (broad SMARTS) is 1. The minimum atomic E-state index is -0.979. The van der Waals surface area contributed by atoms with Crippen molar-refractivity contribution in [1.82, 2.24) is 5.32 Å². The van der Waals surface area contributed by atoms with Crippen molar-refractivity contribution in [2.45, 2.75) is 20.3 Å². The van der Waals surface area contributed by atoms with Gasteiger partial charge >= 0.3 is 5.97 Å². The Bertz CT molecular complexity index is 402. The first-order valence-electron chi connectivity index (χ1n) is 5.46. The molecule has 0 radical (unpaired) electrons. The van der Waals surface area contributed by atoms with Gasteiger partial charge in [0.25, 0.3) is 0 Å². The third-order valence-electron chi connectivity index (χ3n) is 2.68. The maximum Gasteiger partial charge on any atom is 0.311 e. The van der Waals surface area contributed by atoms with Crippen LogP contribution in [0.1, 0.15) is 19.4 Å². The molecule has 1 unspecified atom stereocenters. The van der Waals surface area contributed by atoms with E-state index in [0.717, 1.165) is 5.56 Å². The summed E-state index contributed by atoms with van der Waals surface area (Å²) in [4.78, 5) is 22.1. The number of carbonyl (C=O) groups excluding carboxylic acids is 1. The molecule has 92 valence electrons. The molecular weight excluding hydrogens is 218 g/mol. The molecular formula is C13H17NO3. The highest BCUT2D eigenvalue weighted by atomic mass is 16.4. The van der Waals surface area contributed by atoms with E-state index in [9.17, 15) is 14.7 Å². The van der Waals surface area contributed by atoms with E-state index in [1.807, 2.05) is 30.3 Å². The van der Waals surface area contributed by atoms with Gasteiger partial charge in [-0.25, -0.2) is 0 Å². The predicted molar refractivity (Wildman–Crippen MR) is 64.6 cm³/mol. The molecule has 0 heterocycles. The summed E-state index contributed by atoms with van der Waals surface area (Å²) in [5.74, 6) is -1.12. The second-order valence-corrected chi connectivity index (χ2v) is 4.44. The topological polar surface area (TPSA) is 66.4 Å². The summed E-state index contributed by atoms with van der Waals surface area (Å²) in [5, 5.41) is 11.8. The van der Waals surface area contributed by atoms with Crippen LogP contribution < -0.4 is 5.32 Å². The number of carboxylic acids is 1. The molecule has 0 aliphatic rings. The Morgan fingerprint density at radius 1 is 1.29 bits per heavy atom. The van der Waals surface area contributed by atoms with Crippen LogP contribution in [-0.2, 0) is 16.0 Å². The summed E-state index contributed by atoms with van der Waals surface area (Å²) >= 11 is 0. The monoisotopic (exact) mass is 235 g/mol. The molecule has 17 heavy (non-hydrogen) atoms. The smallest absolute Gasteiger partial charge is 0.311 e. The normalized spacial score (nSPS) is 13.8. The highest BCUT2D eigenvalue weighted by Gasteiger charge is 2.33. The standard InChI is InChI=1S/C13H17NO3/c1-10(15)14-9-13(2,12(16)17)8-11-6-4-3-5-7-11/h3-7H,8-9H2,1-2H3,(H,14,15)(H,16,17). The number of aliphatic carboxylic acids is 1. The van der Waals surface area contributed by atoms with E-state index in [4.69, 9.17) is 0 Å². The van der Waals surface area contributed by atoms with E-state index in [2.05, 4.69) is 5.32 Å². The summed E-state index contributed by atoms with van der Waals surface area (Å²) in [5.41, 5.74) is -0.0322. The number of rotatable bonds is 5. The van der Waals surface area contributed by atoms with Gasteiger partial charge in [-0.3, -0.25) is 9.59 Å². The van der Waals surface area contributed by atoms with Crippen molar-refractivity contribution < 1.29 is 14.7 Å². The Hall–Kier alpha value is -1.84. The molecule has 0 aliphatic carbocycles. The quantitative estimate of drug-likeness (QED) is 0.812. The molecule has 2 N–H and O–H groups in total. The van der Waals surface area contributed by atoms with Gasteiger partial charge < -0.3 is 10.4 Å². The summed E-state index contributed by atoms with van der Waals surface area (Å²) in [6.07, 6.45) is 0.392. The highest BCUT2D eigenvalue weighted by Crippen LogP contribution is 2.22. The van der Waals surface area contributed by atoms with Crippen molar-refractivity contribution in [2.24, 2.45) is 5.41 Å². The van der Waals surface area contributed by atoms with E-state index in [-0.39, 0.29) is 12.5 Å². The third-order valence-corrected chi connectivity index (χ3v) is 2.68. The van der Waals surface area contributed by atoms with Gasteiger partial charge in [0.1, 0.15) is 0 Å². The molecule has 1 atom stereocenters. The van der Waals surface area contributed by atoms with Crippen LogP contribution >= 0.6 is 0 Å². The molecule has 0 aromatic heterocycles. The number of hydrogen-bond acceptors (Lipinski definition) is 2. The maximum absolute atomic E-state index is 11.3. The lowest BCUT2D eigenvalue weighted by Gasteiger charge is -2.25. The Balaban J connectivity index is 2.78. The summed E-state index contributed by atoms with van der Waals surface area (Å²) in [6, 6.07) is 9.39. The molecule has 0 spiro atoms. The van der Waals surface area contributed by atoms with Gasteiger partial charge in [-0.1, -0.05) is 30.3 Å². The van der Waals surface area contributed by atoms with Crippen LogP contribution in [-0.4, -0.2) is 23.5 Å².